The lowest BCUT2D eigenvalue weighted by molar-refractivity contribution is 0.264. The van der Waals surface area contributed by atoms with Gasteiger partial charge in [-0.15, -0.1) is 0 Å². The zero-order valence-electron chi connectivity index (χ0n) is 11.6. The zero-order chi connectivity index (χ0) is 15.5. The number of amides is 1. The Morgan fingerprint density at radius 2 is 1.62 bits per heavy atom. The van der Waals surface area contributed by atoms with Gasteiger partial charge in [0.1, 0.15) is 0 Å². The number of para-hydroxylation sites is 1. The first-order valence-electron chi connectivity index (χ1n) is 6.17. The van der Waals surface area contributed by atoms with Gasteiger partial charge in [-0.25, -0.2) is 0 Å². The van der Waals surface area contributed by atoms with E-state index in [2.05, 4.69) is 4.74 Å². The Labute approximate surface area is 129 Å². The highest BCUT2D eigenvalue weighted by atomic mass is 35.5. The highest BCUT2D eigenvalue weighted by Crippen LogP contribution is 2.18. The van der Waals surface area contributed by atoms with Gasteiger partial charge in [0.05, 0.1) is 13.7 Å². The molecule has 2 rings (SSSR count). The highest BCUT2D eigenvalue weighted by Gasteiger charge is 2.12. The van der Waals surface area contributed by atoms with Crippen LogP contribution in [-0.2, 0) is 11.3 Å². The van der Waals surface area contributed by atoms with Crippen molar-refractivity contribution in [1.29, 1.82) is 5.26 Å². The zero-order valence-corrected chi connectivity index (χ0v) is 12.3. The number of anilines is 1. The van der Waals surface area contributed by atoms with E-state index in [-0.39, 0.29) is 0 Å². The van der Waals surface area contributed by atoms with Gasteiger partial charge in [0.2, 0.25) is 0 Å². The van der Waals surface area contributed by atoms with Gasteiger partial charge >= 0.3 is 5.37 Å². The van der Waals surface area contributed by atoms with Crippen molar-refractivity contribution in [2.24, 2.45) is 0 Å². The molecule has 0 fully saturated rings. The number of halogens is 1. The molecule has 4 nitrogen and oxygen atoms in total. The molecule has 0 N–H and O–H groups in total. The lowest BCUT2D eigenvalue weighted by Gasteiger charge is -2.19. The Hall–Kier alpha value is -2.51. The topological polar surface area (TPSA) is 53.3 Å². The SMILES string of the molecule is COC#N.O=C(Cl)N(Cc1ccccc1)c1ccccc1. The smallest absolute Gasteiger partial charge is 0.321 e. The van der Waals surface area contributed by atoms with Gasteiger partial charge in [-0.2, -0.15) is 5.26 Å². The van der Waals surface area contributed by atoms with E-state index in [0.717, 1.165) is 11.3 Å². The summed E-state index contributed by atoms with van der Waals surface area (Å²) in [5.41, 5.74) is 1.85. The van der Waals surface area contributed by atoms with Crippen LogP contribution in [0.4, 0.5) is 10.5 Å². The summed E-state index contributed by atoms with van der Waals surface area (Å²) in [5, 5.41) is 6.93. The third kappa shape index (κ3) is 5.98. The number of carbonyl (C=O) groups is 1. The van der Waals surface area contributed by atoms with Crippen molar-refractivity contribution >= 4 is 22.7 Å². The average Bonchev–Trinajstić information content (AvgIpc) is 2.54. The van der Waals surface area contributed by atoms with Crippen molar-refractivity contribution in [3.05, 3.63) is 66.2 Å². The highest BCUT2D eigenvalue weighted by molar-refractivity contribution is 6.66. The van der Waals surface area contributed by atoms with Crippen LogP contribution in [0.1, 0.15) is 5.56 Å². The lowest BCUT2D eigenvalue weighted by atomic mass is 10.2. The molecule has 0 atom stereocenters. The predicted molar refractivity (Wildman–Crippen MR) is 82.9 cm³/mol. The molecule has 0 aliphatic heterocycles. The van der Waals surface area contributed by atoms with Crippen molar-refractivity contribution < 1.29 is 9.53 Å². The molecule has 0 saturated carbocycles. The van der Waals surface area contributed by atoms with Gasteiger partial charge in [0.15, 0.2) is 0 Å². The number of nitriles is 1. The normalized spacial score (nSPS) is 8.81. The van der Waals surface area contributed by atoms with Crippen LogP contribution in [0.5, 0.6) is 0 Å². The standard InChI is InChI=1S/C14H12ClNO.C2H3NO/c15-14(17)16(13-9-5-2-6-10-13)11-12-7-3-1-4-8-12;1-4-2-3/h1-10H,11H2;1H3. The van der Waals surface area contributed by atoms with Gasteiger partial charge in [-0.05, 0) is 29.3 Å². The Morgan fingerprint density at radius 1 is 1.14 bits per heavy atom. The maximum Gasteiger partial charge on any atom is 0.321 e. The first-order valence-corrected chi connectivity index (χ1v) is 6.55. The van der Waals surface area contributed by atoms with E-state index in [1.54, 1.807) is 0 Å². The number of rotatable bonds is 3. The maximum atomic E-state index is 11.4. The molecule has 0 unspecified atom stereocenters. The molecule has 0 heterocycles. The second-order valence-electron chi connectivity index (χ2n) is 3.96. The Balaban J connectivity index is 0.000000491. The van der Waals surface area contributed by atoms with Crippen LogP contribution < -0.4 is 4.90 Å². The molecule has 0 radical (unpaired) electrons. The van der Waals surface area contributed by atoms with Crippen LogP contribution in [0.15, 0.2) is 60.7 Å². The number of nitrogens with zero attached hydrogens (tertiary/aromatic N) is 2. The third-order valence-electron chi connectivity index (χ3n) is 2.55. The summed E-state index contributed by atoms with van der Waals surface area (Å²) in [5.74, 6) is 0. The molecule has 0 aliphatic rings. The summed E-state index contributed by atoms with van der Waals surface area (Å²) in [6.45, 7) is 0.479. The van der Waals surface area contributed by atoms with E-state index in [1.807, 2.05) is 60.7 Å². The predicted octanol–water partition coefficient (Wildman–Crippen LogP) is 4.17. The second-order valence-corrected chi connectivity index (χ2v) is 4.28. The molecule has 0 aromatic heterocycles. The minimum Gasteiger partial charge on any atom is -0.431 e. The number of hydrogen-bond donors (Lipinski definition) is 0. The van der Waals surface area contributed by atoms with Crippen molar-refractivity contribution in [2.75, 3.05) is 12.0 Å². The number of hydrogen-bond acceptors (Lipinski definition) is 3. The second kappa shape index (κ2) is 9.40. The molecule has 2 aromatic rings. The first-order chi connectivity index (χ1) is 10.2. The molecule has 5 heteroatoms. The maximum absolute atomic E-state index is 11.4. The molecule has 1 amide bonds. The quantitative estimate of drug-likeness (QED) is 0.486. The van der Waals surface area contributed by atoms with Gasteiger partial charge in [-0.1, -0.05) is 48.5 Å². The Bertz CT molecular complexity index is 582. The summed E-state index contributed by atoms with van der Waals surface area (Å²) in [6.07, 6.45) is 1.43. The monoisotopic (exact) mass is 302 g/mol. The fraction of sp³-hybridized carbons (Fsp3) is 0.125. The number of ether oxygens (including phenoxy) is 1. The number of carbonyl (C=O) groups excluding carboxylic acids is 1. The molecule has 0 aliphatic carbocycles. The van der Waals surface area contributed by atoms with Gasteiger partial charge in [0.25, 0.3) is 6.26 Å². The van der Waals surface area contributed by atoms with Crippen LogP contribution in [-0.4, -0.2) is 12.5 Å². The van der Waals surface area contributed by atoms with Gasteiger partial charge in [0, 0.05) is 5.69 Å². The summed E-state index contributed by atoms with van der Waals surface area (Å²) < 4.78 is 3.85. The summed E-state index contributed by atoms with van der Waals surface area (Å²) in [4.78, 5) is 13.0. The average molecular weight is 303 g/mol. The van der Waals surface area contributed by atoms with Crippen LogP contribution in [0.25, 0.3) is 0 Å². The van der Waals surface area contributed by atoms with E-state index in [1.165, 1.54) is 18.3 Å². The van der Waals surface area contributed by atoms with Gasteiger partial charge < -0.3 is 4.74 Å². The molecule has 21 heavy (non-hydrogen) atoms. The van der Waals surface area contributed by atoms with E-state index < -0.39 is 5.37 Å². The van der Waals surface area contributed by atoms with E-state index >= 15 is 0 Å². The third-order valence-corrected chi connectivity index (χ3v) is 2.76. The molecule has 108 valence electrons. The van der Waals surface area contributed by atoms with Gasteiger partial charge in [-0.3, -0.25) is 9.69 Å². The molecular weight excluding hydrogens is 288 g/mol. The lowest BCUT2D eigenvalue weighted by Crippen LogP contribution is -2.24. The molecule has 0 saturated heterocycles. The molecule has 0 bridgehead atoms. The minimum atomic E-state index is -0.472. The van der Waals surface area contributed by atoms with E-state index in [4.69, 9.17) is 16.9 Å². The van der Waals surface area contributed by atoms with Crippen molar-refractivity contribution in [3.63, 3.8) is 0 Å². The van der Waals surface area contributed by atoms with E-state index in [0.29, 0.717) is 6.54 Å². The molecule has 0 spiro atoms. The Morgan fingerprint density at radius 3 is 2.05 bits per heavy atom. The van der Waals surface area contributed by atoms with Crippen LogP contribution in [0, 0.1) is 11.5 Å². The number of benzene rings is 2. The fourth-order valence-corrected chi connectivity index (χ4v) is 1.79. The van der Waals surface area contributed by atoms with E-state index in [9.17, 15) is 4.79 Å². The van der Waals surface area contributed by atoms with Crippen molar-refractivity contribution in [1.82, 2.24) is 0 Å². The van der Waals surface area contributed by atoms with Crippen LogP contribution >= 0.6 is 11.6 Å². The van der Waals surface area contributed by atoms with Crippen molar-refractivity contribution in [3.8, 4) is 6.26 Å². The Kier molecular flexibility index (Phi) is 7.41. The molecule has 2 aromatic carbocycles. The van der Waals surface area contributed by atoms with Crippen molar-refractivity contribution in [2.45, 2.75) is 6.54 Å². The summed E-state index contributed by atoms with van der Waals surface area (Å²) in [7, 11) is 1.32. The van der Waals surface area contributed by atoms with Crippen LogP contribution in [0.2, 0.25) is 0 Å². The van der Waals surface area contributed by atoms with Crippen LogP contribution in [0.3, 0.4) is 0 Å². The first kappa shape index (κ1) is 16.5. The molecular formula is C16H15ClN2O2. The summed E-state index contributed by atoms with van der Waals surface area (Å²) in [6, 6.07) is 19.2. The number of methoxy groups -OCH3 is 1. The summed E-state index contributed by atoms with van der Waals surface area (Å²) >= 11 is 5.62. The minimum absolute atomic E-state index is 0.472. The largest absolute Gasteiger partial charge is 0.431 e. The fourth-order valence-electron chi connectivity index (χ4n) is 1.63.